The molecule has 11 rings (SSSR count). The lowest BCUT2D eigenvalue weighted by Crippen LogP contribution is -2.46. The minimum absolute atomic E-state index is 0.0176. The normalized spacial score (nSPS) is 16.1. The number of thioether (sulfide) groups is 2. The van der Waals surface area contributed by atoms with E-state index in [0.717, 1.165) is 23.5 Å². The number of fused-ring (bicyclic) bond motifs is 5. The van der Waals surface area contributed by atoms with Gasteiger partial charge in [0.05, 0.1) is 11.4 Å². The van der Waals surface area contributed by atoms with Crippen LogP contribution < -0.4 is 0 Å². The van der Waals surface area contributed by atoms with Crippen LogP contribution in [0.25, 0.3) is 32.3 Å². The van der Waals surface area contributed by atoms with Gasteiger partial charge >= 0.3 is 23.9 Å². The van der Waals surface area contributed by atoms with Gasteiger partial charge in [0, 0.05) is 33.3 Å². The highest BCUT2D eigenvalue weighted by Gasteiger charge is 2.60. The summed E-state index contributed by atoms with van der Waals surface area (Å²) in [6.07, 6.45) is 2.98. The molecular weight excluding hydrogens is 1160 g/mol. The van der Waals surface area contributed by atoms with Gasteiger partial charge < -0.3 is 18.9 Å². The lowest BCUT2D eigenvalue weighted by molar-refractivity contribution is -0.166. The van der Waals surface area contributed by atoms with E-state index in [9.17, 15) is 30.6 Å². The molecule has 6 aromatic carbocycles. The quantitative estimate of drug-likeness (QED) is 0.0377. The number of rotatable bonds is 16. The zero-order valence-corrected chi connectivity index (χ0v) is 48.6. The number of nitrogens with zero attached hydrogens (tertiary/aromatic N) is 8. The number of allylic oxidation sites excluding steroid dienone is 2. The molecular formula is C66H44N8O10S3. The summed E-state index contributed by atoms with van der Waals surface area (Å²) in [7, 11) is 0. The highest BCUT2D eigenvalue weighted by atomic mass is 32.2. The predicted molar refractivity (Wildman–Crippen MR) is 325 cm³/mol. The minimum Gasteiger partial charge on any atom is -0.459 e. The van der Waals surface area contributed by atoms with E-state index in [-0.39, 0.29) is 93.3 Å². The number of carbonyl (C=O) groups is 6. The zero-order valence-electron chi connectivity index (χ0n) is 46.1. The molecule has 21 heteroatoms. The average molecular weight is 1210 g/mol. The van der Waals surface area contributed by atoms with Gasteiger partial charge in [0.1, 0.15) is 60.8 Å². The molecule has 0 radical (unpaired) electrons. The van der Waals surface area contributed by atoms with Gasteiger partial charge in [-0.05, 0) is 118 Å². The molecule has 0 spiro atoms. The van der Waals surface area contributed by atoms with Crippen molar-refractivity contribution in [3.8, 4) is 24.3 Å². The molecule has 18 nitrogen and oxygen atoms in total. The van der Waals surface area contributed by atoms with Crippen LogP contribution in [-0.2, 0) is 85.0 Å². The Balaban J connectivity index is 1.14. The molecule has 4 aliphatic rings. The average Bonchev–Trinajstić information content (AvgIpc) is 1.60. The topological polar surface area (TPSA) is 266 Å². The minimum atomic E-state index is -2.57. The maximum absolute atomic E-state index is 15.6. The summed E-state index contributed by atoms with van der Waals surface area (Å²) in [5, 5.41) is 40.0. The summed E-state index contributed by atoms with van der Waals surface area (Å²) in [5.74, 6) is -5.85. The van der Waals surface area contributed by atoms with Crippen molar-refractivity contribution < 1.29 is 47.7 Å². The Bertz CT molecular complexity index is 4030. The number of ether oxygens (including phenoxy) is 4. The zero-order chi connectivity index (χ0) is 61.0. The van der Waals surface area contributed by atoms with Gasteiger partial charge in [0.15, 0.2) is 21.2 Å². The molecule has 7 aromatic rings. The van der Waals surface area contributed by atoms with Crippen molar-refractivity contribution in [2.45, 2.75) is 51.1 Å². The van der Waals surface area contributed by atoms with Crippen LogP contribution in [0.2, 0.25) is 0 Å². The monoisotopic (exact) mass is 1200 g/mol. The molecule has 87 heavy (non-hydrogen) atoms. The summed E-state index contributed by atoms with van der Waals surface area (Å²) >= 11 is 2.77. The van der Waals surface area contributed by atoms with Gasteiger partial charge in [-0.3, -0.25) is 38.6 Å². The number of esters is 4. The molecule has 2 aliphatic carbocycles. The van der Waals surface area contributed by atoms with E-state index in [0.29, 0.717) is 53.6 Å². The molecule has 0 unspecified atom stereocenters. The van der Waals surface area contributed by atoms with Crippen LogP contribution in [0.4, 0.5) is 0 Å². The second-order valence-electron chi connectivity index (χ2n) is 19.7. The molecule has 0 saturated carbocycles. The van der Waals surface area contributed by atoms with Crippen molar-refractivity contribution in [3.63, 3.8) is 0 Å². The smallest absolute Gasteiger partial charge is 0.334 e. The Hall–Kier alpha value is -10.7. The Morgan fingerprint density at radius 1 is 0.471 bits per heavy atom. The van der Waals surface area contributed by atoms with Crippen molar-refractivity contribution in [2.75, 3.05) is 13.1 Å². The van der Waals surface area contributed by atoms with Crippen LogP contribution >= 0.6 is 34.9 Å². The van der Waals surface area contributed by atoms with E-state index in [1.54, 1.807) is 159 Å². The maximum atomic E-state index is 15.6. The van der Waals surface area contributed by atoms with Crippen molar-refractivity contribution in [2.24, 2.45) is 9.98 Å². The molecule has 0 bridgehead atoms. The number of benzene rings is 6. The summed E-state index contributed by atoms with van der Waals surface area (Å²) in [5.41, 5.74) is -3.35. The number of thiophene rings is 1. The molecule has 426 valence electrons. The van der Waals surface area contributed by atoms with Crippen molar-refractivity contribution in [3.05, 3.63) is 223 Å². The second-order valence-corrected chi connectivity index (χ2v) is 22.8. The molecule has 3 heterocycles. The van der Waals surface area contributed by atoms with Crippen molar-refractivity contribution in [1.82, 2.24) is 9.80 Å². The molecule has 1 aromatic heterocycles. The van der Waals surface area contributed by atoms with Crippen LogP contribution in [0.5, 0.6) is 0 Å². The van der Waals surface area contributed by atoms with E-state index in [4.69, 9.17) is 28.9 Å². The fraction of sp³-hybridized carbons (Fsp3) is 0.152. The molecule has 2 aliphatic heterocycles. The number of hydrogen-bond donors (Lipinski definition) is 0. The maximum Gasteiger partial charge on any atom is 0.334 e. The molecule has 2 saturated heterocycles. The number of carbonyl (C=O) groups excluding carboxylic acids is 6. The summed E-state index contributed by atoms with van der Waals surface area (Å²) < 4.78 is 25.7. The number of aliphatic imine (C=N–C) groups is 2. The third kappa shape index (κ3) is 10.4. The van der Waals surface area contributed by atoms with Crippen LogP contribution in [0.3, 0.4) is 0 Å². The first kappa shape index (κ1) is 58.1. The predicted octanol–water partition coefficient (Wildman–Crippen LogP) is 10.7. The van der Waals surface area contributed by atoms with Crippen molar-refractivity contribution >= 4 is 113 Å². The second kappa shape index (κ2) is 24.5. The summed E-state index contributed by atoms with van der Waals surface area (Å²) in [4.78, 5) is 103. The van der Waals surface area contributed by atoms with E-state index in [2.05, 4.69) is 0 Å². The number of nitriles is 4. The Kier molecular flexibility index (Phi) is 16.4. The highest BCUT2D eigenvalue weighted by Crippen LogP contribution is 2.53. The fourth-order valence-electron chi connectivity index (χ4n) is 10.5. The van der Waals surface area contributed by atoms with E-state index < -0.39 is 46.5 Å². The third-order valence-corrected chi connectivity index (χ3v) is 18.0. The summed E-state index contributed by atoms with van der Waals surface area (Å²) in [6, 6.07) is 49.1. The van der Waals surface area contributed by atoms with Gasteiger partial charge in [-0.1, -0.05) is 121 Å². The first-order valence-corrected chi connectivity index (χ1v) is 29.4. The van der Waals surface area contributed by atoms with Gasteiger partial charge in [0.25, 0.3) is 11.8 Å². The lowest BCUT2D eigenvalue weighted by atomic mass is 9.78. The molecule has 2 amide bonds. The fourth-order valence-corrected chi connectivity index (χ4v) is 13.7. The van der Waals surface area contributed by atoms with Crippen LogP contribution in [0.15, 0.2) is 188 Å². The van der Waals surface area contributed by atoms with Gasteiger partial charge in [0.2, 0.25) is 10.8 Å². The molecule has 0 atom stereocenters. The Labute approximate surface area is 509 Å². The Morgan fingerprint density at radius 3 is 1.05 bits per heavy atom. The van der Waals surface area contributed by atoms with E-state index in [1.807, 2.05) is 24.3 Å². The first-order chi connectivity index (χ1) is 42.3. The van der Waals surface area contributed by atoms with Gasteiger partial charge in [-0.2, -0.15) is 21.0 Å². The molecule has 2 fully saturated rings. The van der Waals surface area contributed by atoms with Crippen LogP contribution in [-0.4, -0.2) is 68.7 Å². The summed E-state index contributed by atoms with van der Waals surface area (Å²) in [6.45, 7) is 2.16. The molecule has 0 N–H and O–H groups in total. The first-order valence-electron chi connectivity index (χ1n) is 26.9. The van der Waals surface area contributed by atoms with Crippen LogP contribution in [0, 0.1) is 45.3 Å². The highest BCUT2D eigenvalue weighted by molar-refractivity contribution is 8.20. The Morgan fingerprint density at radius 2 is 0.770 bits per heavy atom. The largest absolute Gasteiger partial charge is 0.459 e. The SMILES string of the molecule is CCN1C(=O)/C(=N/C2=Cc3cc4sc5cc6c(cc5c4cc3C2(C(=O)OCc2ccccc2)C(=O)OCc2ccccc2)C(C(=O)OCc2ccccc2)(C(=O)OCc2ccccc2)C(/N=C2\SC(=C(C#N)C#N)N(CC)C2=O)=C6)SC1=C(C#N)C#N. The van der Waals surface area contributed by atoms with E-state index in [1.165, 1.54) is 33.3 Å². The number of hydrogen-bond acceptors (Lipinski definition) is 19. The van der Waals surface area contributed by atoms with E-state index >= 15 is 19.2 Å². The third-order valence-electron chi connectivity index (χ3n) is 14.7. The number of amides is 2. The van der Waals surface area contributed by atoms with Crippen LogP contribution in [0.1, 0.15) is 58.4 Å². The van der Waals surface area contributed by atoms with Gasteiger partial charge in [-0.15, -0.1) is 11.3 Å². The van der Waals surface area contributed by atoms with Gasteiger partial charge in [-0.25, -0.2) is 9.98 Å². The van der Waals surface area contributed by atoms with Crippen molar-refractivity contribution in [1.29, 1.82) is 21.0 Å². The standard InChI is InChI=1S/C66H44N8O10S3/c1-3-73-57(75)55(86-59(73)45(31-67)32-68)71-53-27-43-25-51-47(29-49(43)65(53,61(77)81-35-39-17-9-5-10-18-39)62(78)82-36-40-19-11-6-12-20-40)48-30-50-44(26-52(48)85-51)28-54(72-56-58(76)74(4-2)60(87-56)46(33-69)34-70)66(50,63(79)83-37-41-21-13-7-14-22-41)64(80)84-38-42-23-15-8-16-24-42/h5-30H,3-4,35-38H2,1-2H3/b71-55-,72-56-. The lowest BCUT2D eigenvalue weighted by Gasteiger charge is -2.28.